The Morgan fingerprint density at radius 1 is 1.44 bits per heavy atom. The molecule has 2 rings (SSSR count). The van der Waals surface area contributed by atoms with Gasteiger partial charge in [-0.2, -0.15) is 5.10 Å². The minimum atomic E-state index is 0.173. The number of nitrogens with zero attached hydrogens (tertiary/aromatic N) is 2. The molecule has 0 aromatic carbocycles. The van der Waals surface area contributed by atoms with E-state index in [2.05, 4.69) is 17.3 Å². The van der Waals surface area contributed by atoms with Crippen molar-refractivity contribution in [2.75, 3.05) is 5.32 Å². The molecular weight excluding hydrogens is 226 g/mol. The number of hydrogen-bond acceptors (Lipinski definition) is 2. The van der Waals surface area contributed by atoms with E-state index in [1.54, 1.807) is 0 Å². The lowest BCUT2D eigenvalue weighted by Crippen LogP contribution is -2.26. The number of anilines is 1. The zero-order valence-corrected chi connectivity index (χ0v) is 11.4. The van der Waals surface area contributed by atoms with Gasteiger partial charge in [-0.3, -0.25) is 4.79 Å². The fourth-order valence-corrected chi connectivity index (χ4v) is 2.62. The van der Waals surface area contributed by atoms with Crippen LogP contribution >= 0.6 is 0 Å². The second-order valence-corrected chi connectivity index (χ2v) is 5.22. The molecule has 1 aliphatic rings. The summed E-state index contributed by atoms with van der Waals surface area (Å²) in [5.74, 6) is 1.22. The van der Waals surface area contributed by atoms with Crippen LogP contribution in [0.25, 0.3) is 0 Å². The number of aryl methyl sites for hydroxylation is 2. The Bertz CT molecular complexity index is 405. The SMILES string of the molecule is CCCn1nc(C)cc1NC(=O)C1CCCCC1. The molecular formula is C14H23N3O. The molecule has 0 unspecified atom stereocenters. The van der Waals surface area contributed by atoms with E-state index in [4.69, 9.17) is 0 Å². The first kappa shape index (κ1) is 13.1. The molecule has 1 aromatic rings. The summed E-state index contributed by atoms with van der Waals surface area (Å²) >= 11 is 0. The van der Waals surface area contributed by atoms with Crippen LogP contribution in [0.5, 0.6) is 0 Å². The van der Waals surface area contributed by atoms with Crippen LogP contribution in [-0.4, -0.2) is 15.7 Å². The Balaban J connectivity index is 2.01. The number of amides is 1. The number of nitrogens with one attached hydrogen (secondary N) is 1. The number of aromatic nitrogens is 2. The first-order valence-corrected chi connectivity index (χ1v) is 7.06. The maximum absolute atomic E-state index is 12.2. The summed E-state index contributed by atoms with van der Waals surface area (Å²) in [6.45, 7) is 4.93. The van der Waals surface area contributed by atoms with Crippen molar-refractivity contribution in [1.82, 2.24) is 9.78 Å². The molecule has 1 amide bonds. The molecule has 0 bridgehead atoms. The molecule has 1 heterocycles. The Morgan fingerprint density at radius 2 is 2.17 bits per heavy atom. The third kappa shape index (κ3) is 3.12. The summed E-state index contributed by atoms with van der Waals surface area (Å²) in [5.41, 5.74) is 0.961. The Kier molecular flexibility index (Phi) is 4.39. The van der Waals surface area contributed by atoms with E-state index in [0.29, 0.717) is 0 Å². The van der Waals surface area contributed by atoms with Gasteiger partial charge in [0, 0.05) is 18.5 Å². The predicted molar refractivity (Wildman–Crippen MR) is 72.5 cm³/mol. The normalized spacial score (nSPS) is 16.8. The molecule has 4 nitrogen and oxygen atoms in total. The number of carbonyl (C=O) groups is 1. The van der Waals surface area contributed by atoms with Crippen LogP contribution in [-0.2, 0) is 11.3 Å². The van der Waals surface area contributed by atoms with Crippen LogP contribution in [0.1, 0.15) is 51.1 Å². The molecule has 4 heteroatoms. The van der Waals surface area contributed by atoms with Gasteiger partial charge >= 0.3 is 0 Å². The molecule has 18 heavy (non-hydrogen) atoms. The van der Waals surface area contributed by atoms with Crippen LogP contribution in [0.3, 0.4) is 0 Å². The molecule has 0 aliphatic heterocycles. The molecule has 0 atom stereocenters. The zero-order chi connectivity index (χ0) is 13.0. The van der Waals surface area contributed by atoms with Crippen LogP contribution < -0.4 is 5.32 Å². The molecule has 1 aliphatic carbocycles. The standard InChI is InChI=1S/C14H23N3O/c1-3-9-17-13(10-11(2)16-17)15-14(18)12-7-5-4-6-8-12/h10,12H,3-9H2,1-2H3,(H,15,18). The smallest absolute Gasteiger partial charge is 0.228 e. The van der Waals surface area contributed by atoms with E-state index < -0.39 is 0 Å². The fourth-order valence-electron chi connectivity index (χ4n) is 2.62. The van der Waals surface area contributed by atoms with Crippen LogP contribution in [0, 0.1) is 12.8 Å². The molecule has 0 saturated heterocycles. The van der Waals surface area contributed by atoms with E-state index in [-0.39, 0.29) is 11.8 Å². The number of hydrogen-bond donors (Lipinski definition) is 1. The van der Waals surface area contributed by atoms with E-state index in [9.17, 15) is 4.79 Å². The van der Waals surface area contributed by atoms with E-state index in [1.165, 1.54) is 19.3 Å². The van der Waals surface area contributed by atoms with Crippen molar-refractivity contribution >= 4 is 11.7 Å². The van der Waals surface area contributed by atoms with E-state index in [0.717, 1.165) is 37.3 Å². The third-order valence-corrected chi connectivity index (χ3v) is 3.56. The summed E-state index contributed by atoms with van der Waals surface area (Å²) < 4.78 is 1.90. The van der Waals surface area contributed by atoms with Gasteiger partial charge in [-0.15, -0.1) is 0 Å². The van der Waals surface area contributed by atoms with Crippen molar-refractivity contribution in [3.63, 3.8) is 0 Å². The lowest BCUT2D eigenvalue weighted by atomic mass is 9.89. The van der Waals surface area contributed by atoms with Gasteiger partial charge in [0.15, 0.2) is 0 Å². The number of rotatable bonds is 4. The van der Waals surface area contributed by atoms with Gasteiger partial charge in [0.05, 0.1) is 5.69 Å². The molecule has 0 spiro atoms. The second kappa shape index (κ2) is 6.03. The van der Waals surface area contributed by atoms with Gasteiger partial charge in [0.1, 0.15) is 5.82 Å². The summed E-state index contributed by atoms with van der Waals surface area (Å²) in [6.07, 6.45) is 6.74. The van der Waals surface area contributed by atoms with Crippen molar-refractivity contribution in [2.24, 2.45) is 5.92 Å². The summed E-state index contributed by atoms with van der Waals surface area (Å²) in [4.78, 5) is 12.2. The van der Waals surface area contributed by atoms with Crippen LogP contribution in [0.15, 0.2) is 6.07 Å². The van der Waals surface area contributed by atoms with Gasteiger partial charge < -0.3 is 5.32 Å². The van der Waals surface area contributed by atoms with Crippen molar-refractivity contribution in [1.29, 1.82) is 0 Å². The van der Waals surface area contributed by atoms with Gasteiger partial charge in [-0.25, -0.2) is 4.68 Å². The highest BCUT2D eigenvalue weighted by molar-refractivity contribution is 5.91. The average Bonchev–Trinajstić information content (AvgIpc) is 2.71. The fraction of sp³-hybridized carbons (Fsp3) is 0.714. The van der Waals surface area contributed by atoms with Crippen LogP contribution in [0.4, 0.5) is 5.82 Å². The zero-order valence-electron chi connectivity index (χ0n) is 11.4. The molecule has 1 N–H and O–H groups in total. The quantitative estimate of drug-likeness (QED) is 0.891. The molecule has 0 radical (unpaired) electrons. The first-order chi connectivity index (χ1) is 8.70. The Morgan fingerprint density at radius 3 is 2.83 bits per heavy atom. The van der Waals surface area contributed by atoms with Crippen molar-refractivity contribution in [3.8, 4) is 0 Å². The van der Waals surface area contributed by atoms with Crippen LogP contribution in [0.2, 0.25) is 0 Å². The molecule has 100 valence electrons. The summed E-state index contributed by atoms with van der Waals surface area (Å²) in [6, 6.07) is 1.95. The van der Waals surface area contributed by atoms with Crippen molar-refractivity contribution < 1.29 is 4.79 Å². The van der Waals surface area contributed by atoms with E-state index in [1.807, 2.05) is 17.7 Å². The lowest BCUT2D eigenvalue weighted by Gasteiger charge is -2.20. The van der Waals surface area contributed by atoms with Gasteiger partial charge in [0.2, 0.25) is 5.91 Å². The van der Waals surface area contributed by atoms with Gasteiger partial charge in [-0.1, -0.05) is 26.2 Å². The highest BCUT2D eigenvalue weighted by atomic mass is 16.2. The van der Waals surface area contributed by atoms with Crippen molar-refractivity contribution in [3.05, 3.63) is 11.8 Å². The first-order valence-electron chi connectivity index (χ1n) is 7.06. The molecule has 1 saturated carbocycles. The maximum Gasteiger partial charge on any atom is 0.228 e. The van der Waals surface area contributed by atoms with Gasteiger partial charge in [-0.05, 0) is 26.2 Å². The van der Waals surface area contributed by atoms with Crippen molar-refractivity contribution in [2.45, 2.75) is 58.9 Å². The predicted octanol–water partition coefficient (Wildman–Crippen LogP) is 3.12. The largest absolute Gasteiger partial charge is 0.311 e. The van der Waals surface area contributed by atoms with Gasteiger partial charge in [0.25, 0.3) is 0 Å². The number of carbonyl (C=O) groups excluding carboxylic acids is 1. The summed E-state index contributed by atoms with van der Waals surface area (Å²) in [5, 5.41) is 7.45. The Labute approximate surface area is 109 Å². The average molecular weight is 249 g/mol. The second-order valence-electron chi connectivity index (χ2n) is 5.22. The third-order valence-electron chi connectivity index (χ3n) is 3.56. The summed E-state index contributed by atoms with van der Waals surface area (Å²) in [7, 11) is 0. The maximum atomic E-state index is 12.2. The highest BCUT2D eigenvalue weighted by Gasteiger charge is 2.22. The highest BCUT2D eigenvalue weighted by Crippen LogP contribution is 2.25. The minimum absolute atomic E-state index is 0.173. The Hall–Kier alpha value is -1.32. The van der Waals surface area contributed by atoms with E-state index >= 15 is 0 Å². The molecule has 1 fully saturated rings. The monoisotopic (exact) mass is 249 g/mol. The minimum Gasteiger partial charge on any atom is -0.311 e. The molecule has 1 aromatic heterocycles. The topological polar surface area (TPSA) is 46.9 Å². The lowest BCUT2D eigenvalue weighted by molar-refractivity contribution is -0.120.